The normalized spacial score (nSPS) is 16.5. The van der Waals surface area contributed by atoms with Crippen molar-refractivity contribution in [1.82, 2.24) is 29.8 Å². The molecule has 9 nitrogen and oxygen atoms in total. The van der Waals surface area contributed by atoms with Crippen molar-refractivity contribution in [2.75, 3.05) is 46.3 Å². The first-order chi connectivity index (χ1) is 16.9. The fraction of sp³-hybridized carbons (Fsp3) is 0.538. The second-order valence-corrected chi connectivity index (χ2v) is 9.62. The van der Waals surface area contributed by atoms with Crippen molar-refractivity contribution in [3.63, 3.8) is 0 Å². The minimum Gasteiger partial charge on any atom is -0.353 e. The van der Waals surface area contributed by atoms with Crippen LogP contribution in [0.5, 0.6) is 0 Å². The Hall–Kier alpha value is -3.20. The molecule has 0 aliphatic carbocycles. The number of rotatable bonds is 8. The molecular formula is C26H36N6O3. The highest BCUT2D eigenvalue weighted by molar-refractivity contribution is 5.99. The fourth-order valence-corrected chi connectivity index (χ4v) is 4.68. The number of carbonyl (C=O) groups is 3. The Labute approximate surface area is 207 Å². The van der Waals surface area contributed by atoms with Crippen LogP contribution in [0.1, 0.15) is 57.8 Å². The lowest BCUT2D eigenvalue weighted by molar-refractivity contribution is -0.121. The van der Waals surface area contributed by atoms with Crippen LogP contribution in [0.15, 0.2) is 30.3 Å². The molecule has 2 aliphatic heterocycles. The summed E-state index contributed by atoms with van der Waals surface area (Å²) in [5, 5.41) is 7.31. The molecule has 1 aromatic heterocycles. The number of carbonyl (C=O) groups excluding carboxylic acids is 3. The van der Waals surface area contributed by atoms with Gasteiger partial charge in [-0.3, -0.25) is 19.1 Å². The molecule has 3 amide bonds. The molecule has 1 saturated heterocycles. The predicted molar refractivity (Wildman–Crippen MR) is 133 cm³/mol. The topological polar surface area (TPSA) is 90.8 Å². The first-order valence-electron chi connectivity index (χ1n) is 12.6. The molecule has 0 saturated carbocycles. The fourth-order valence-electron chi connectivity index (χ4n) is 4.68. The average Bonchev–Trinajstić information content (AvgIpc) is 3.22. The van der Waals surface area contributed by atoms with E-state index in [0.29, 0.717) is 31.9 Å². The highest BCUT2D eigenvalue weighted by Gasteiger charge is 2.27. The van der Waals surface area contributed by atoms with Gasteiger partial charge in [-0.1, -0.05) is 36.2 Å². The first-order valence-corrected chi connectivity index (χ1v) is 12.6. The molecule has 4 rings (SSSR count). The molecule has 2 aliphatic rings. The van der Waals surface area contributed by atoms with E-state index in [-0.39, 0.29) is 30.0 Å². The summed E-state index contributed by atoms with van der Waals surface area (Å²) in [6.07, 6.45) is 4.47. The largest absolute Gasteiger partial charge is 0.353 e. The maximum Gasteiger partial charge on any atom is 0.274 e. The molecule has 1 aromatic carbocycles. The van der Waals surface area contributed by atoms with Gasteiger partial charge in [-0.05, 0) is 44.8 Å². The van der Waals surface area contributed by atoms with Crippen molar-refractivity contribution >= 4 is 17.7 Å². The molecule has 35 heavy (non-hydrogen) atoms. The summed E-state index contributed by atoms with van der Waals surface area (Å²) in [6.45, 7) is 7.29. The van der Waals surface area contributed by atoms with E-state index < -0.39 is 0 Å². The average molecular weight is 481 g/mol. The molecule has 0 spiro atoms. The zero-order chi connectivity index (χ0) is 24.8. The molecule has 1 fully saturated rings. The monoisotopic (exact) mass is 480 g/mol. The molecule has 3 heterocycles. The maximum atomic E-state index is 13.2. The SMILES string of the molecule is Cc1ccc(CN2CCCn3nc(C(=O)N(C)CC(=O)NCCN4CCCCC4)cc3C2=O)cc1. The molecule has 188 valence electrons. The van der Waals surface area contributed by atoms with E-state index in [4.69, 9.17) is 0 Å². The van der Waals surface area contributed by atoms with Gasteiger partial charge in [-0.15, -0.1) is 0 Å². The van der Waals surface area contributed by atoms with E-state index in [1.165, 1.54) is 29.7 Å². The number of nitrogens with one attached hydrogen (secondary N) is 1. The molecular weight excluding hydrogens is 444 g/mol. The van der Waals surface area contributed by atoms with Crippen molar-refractivity contribution in [1.29, 1.82) is 0 Å². The number of benzene rings is 1. The minimum atomic E-state index is -0.366. The molecule has 2 aromatic rings. The Balaban J connectivity index is 1.32. The Kier molecular flexibility index (Phi) is 8.17. The lowest BCUT2D eigenvalue weighted by Crippen LogP contribution is -2.42. The summed E-state index contributed by atoms with van der Waals surface area (Å²) in [7, 11) is 1.59. The van der Waals surface area contributed by atoms with Crippen molar-refractivity contribution in [3.8, 4) is 0 Å². The number of piperidine rings is 1. The summed E-state index contributed by atoms with van der Waals surface area (Å²) in [6, 6.07) is 9.71. The van der Waals surface area contributed by atoms with E-state index >= 15 is 0 Å². The van der Waals surface area contributed by atoms with Gasteiger partial charge in [0.2, 0.25) is 5.91 Å². The second-order valence-electron chi connectivity index (χ2n) is 9.62. The number of likely N-dealkylation sites (tertiary alicyclic amines) is 1. The Morgan fingerprint density at radius 2 is 1.77 bits per heavy atom. The van der Waals surface area contributed by atoms with Crippen LogP contribution in [0.25, 0.3) is 0 Å². The molecule has 0 unspecified atom stereocenters. The van der Waals surface area contributed by atoms with E-state index in [9.17, 15) is 14.4 Å². The zero-order valence-corrected chi connectivity index (χ0v) is 20.8. The summed E-state index contributed by atoms with van der Waals surface area (Å²) in [5.74, 6) is -0.693. The van der Waals surface area contributed by atoms with Crippen LogP contribution in [0.3, 0.4) is 0 Å². The highest BCUT2D eigenvalue weighted by Crippen LogP contribution is 2.18. The first kappa shape index (κ1) is 24.9. The Morgan fingerprint density at radius 1 is 1.03 bits per heavy atom. The lowest BCUT2D eigenvalue weighted by Gasteiger charge is -2.26. The smallest absolute Gasteiger partial charge is 0.274 e. The van der Waals surface area contributed by atoms with E-state index in [0.717, 1.165) is 31.6 Å². The quantitative estimate of drug-likeness (QED) is 0.623. The van der Waals surface area contributed by atoms with Gasteiger partial charge in [0, 0.05) is 45.8 Å². The molecule has 0 bridgehead atoms. The summed E-state index contributed by atoms with van der Waals surface area (Å²) in [5.41, 5.74) is 2.85. The number of hydrogen-bond acceptors (Lipinski definition) is 5. The van der Waals surface area contributed by atoms with Gasteiger partial charge < -0.3 is 20.0 Å². The number of hydrogen-bond donors (Lipinski definition) is 1. The number of fused-ring (bicyclic) bond motifs is 1. The third-order valence-electron chi connectivity index (χ3n) is 6.72. The number of aromatic nitrogens is 2. The van der Waals surface area contributed by atoms with E-state index in [1.807, 2.05) is 31.2 Å². The highest BCUT2D eigenvalue weighted by atomic mass is 16.2. The maximum absolute atomic E-state index is 13.2. The lowest BCUT2D eigenvalue weighted by atomic mass is 10.1. The third-order valence-corrected chi connectivity index (χ3v) is 6.72. The van der Waals surface area contributed by atoms with Crippen molar-refractivity contribution < 1.29 is 14.4 Å². The second kappa shape index (κ2) is 11.5. The molecule has 1 N–H and O–H groups in total. The zero-order valence-electron chi connectivity index (χ0n) is 20.8. The van der Waals surface area contributed by atoms with Crippen molar-refractivity contribution in [2.24, 2.45) is 0 Å². The summed E-state index contributed by atoms with van der Waals surface area (Å²) < 4.78 is 1.62. The van der Waals surface area contributed by atoms with Gasteiger partial charge in [0.25, 0.3) is 11.8 Å². The van der Waals surface area contributed by atoms with Gasteiger partial charge in [-0.2, -0.15) is 5.10 Å². The van der Waals surface area contributed by atoms with E-state index in [1.54, 1.807) is 22.7 Å². The van der Waals surface area contributed by atoms with Gasteiger partial charge >= 0.3 is 0 Å². The van der Waals surface area contributed by atoms with Gasteiger partial charge in [-0.25, -0.2) is 0 Å². The van der Waals surface area contributed by atoms with Gasteiger partial charge in [0.15, 0.2) is 5.69 Å². The van der Waals surface area contributed by atoms with Crippen molar-refractivity contribution in [2.45, 2.75) is 45.7 Å². The number of nitrogens with zero attached hydrogens (tertiary/aromatic N) is 5. The van der Waals surface area contributed by atoms with Crippen molar-refractivity contribution in [3.05, 3.63) is 52.8 Å². The Morgan fingerprint density at radius 3 is 2.51 bits per heavy atom. The summed E-state index contributed by atoms with van der Waals surface area (Å²) >= 11 is 0. The Bertz CT molecular complexity index is 1040. The summed E-state index contributed by atoms with van der Waals surface area (Å²) in [4.78, 5) is 44.0. The van der Waals surface area contributed by atoms with Gasteiger partial charge in [0.1, 0.15) is 5.69 Å². The van der Waals surface area contributed by atoms with Crippen LogP contribution in [0, 0.1) is 6.92 Å². The van der Waals surface area contributed by atoms with Crippen LogP contribution >= 0.6 is 0 Å². The third kappa shape index (κ3) is 6.48. The van der Waals surface area contributed by atoms with Gasteiger partial charge in [0.05, 0.1) is 6.54 Å². The minimum absolute atomic E-state index is 0.0471. The molecule has 0 radical (unpaired) electrons. The van der Waals surface area contributed by atoms with Crippen LogP contribution in [-0.2, 0) is 17.9 Å². The standard InChI is InChI=1S/C26H36N6O3/c1-20-7-9-21(10-8-20)18-31-14-6-15-32-23(26(31)35)17-22(28-32)25(34)29(2)19-24(33)27-11-16-30-12-4-3-5-13-30/h7-10,17H,3-6,11-16,18-19H2,1-2H3,(H,27,33). The number of likely N-dealkylation sites (N-methyl/N-ethyl adjacent to an activating group) is 1. The van der Waals surface area contributed by atoms with Crippen LogP contribution in [0.4, 0.5) is 0 Å². The number of amides is 3. The van der Waals surface area contributed by atoms with E-state index in [2.05, 4.69) is 15.3 Å². The number of aryl methyl sites for hydroxylation is 2. The predicted octanol–water partition coefficient (Wildman–Crippen LogP) is 1.91. The molecule has 0 atom stereocenters. The van der Waals surface area contributed by atoms with Crippen LogP contribution < -0.4 is 5.32 Å². The molecule has 9 heteroatoms. The van der Waals surface area contributed by atoms with Crippen LogP contribution in [0.2, 0.25) is 0 Å². The van der Waals surface area contributed by atoms with Crippen LogP contribution in [-0.4, -0.2) is 88.5 Å².